The summed E-state index contributed by atoms with van der Waals surface area (Å²) < 4.78 is 26.5. The molecule has 1 aromatic carbocycles. The molecular weight excluding hydrogens is 432 g/mol. The molecule has 0 unspecified atom stereocenters. The Labute approximate surface area is 189 Å². The minimum absolute atomic E-state index is 0.0833. The molecule has 3 amide bonds. The second-order valence-corrected chi connectivity index (χ2v) is 10.9. The van der Waals surface area contributed by atoms with E-state index in [1.54, 1.807) is 18.7 Å². The third kappa shape index (κ3) is 3.90. The van der Waals surface area contributed by atoms with Crippen LogP contribution in [0.3, 0.4) is 0 Å². The van der Waals surface area contributed by atoms with Crippen molar-refractivity contribution in [1.82, 2.24) is 19.0 Å². The van der Waals surface area contributed by atoms with Crippen LogP contribution >= 0.6 is 0 Å². The Balaban J connectivity index is 1.43. The van der Waals surface area contributed by atoms with Crippen LogP contribution in [-0.2, 0) is 14.8 Å². The number of rotatable bonds is 3. The molecule has 0 radical (unpaired) electrons. The molecule has 32 heavy (non-hydrogen) atoms. The second kappa shape index (κ2) is 8.47. The Hall–Kier alpha value is -2.46. The number of carbonyl (C=O) groups excluding carboxylic acids is 3. The number of piperazine rings is 1. The highest BCUT2D eigenvalue weighted by atomic mass is 32.2. The summed E-state index contributed by atoms with van der Waals surface area (Å²) in [4.78, 5) is 44.1. The number of likely N-dealkylation sites (tertiary alicyclic amines) is 1. The number of fused-ring (bicyclic) bond motifs is 1. The highest BCUT2D eigenvalue weighted by Gasteiger charge is 2.43. The maximum atomic E-state index is 13.1. The van der Waals surface area contributed by atoms with Gasteiger partial charge in [-0.2, -0.15) is 0 Å². The molecule has 0 N–H and O–H groups in total. The zero-order chi connectivity index (χ0) is 23.2. The first-order valence-electron chi connectivity index (χ1n) is 11.1. The predicted molar refractivity (Wildman–Crippen MR) is 118 cm³/mol. The van der Waals surface area contributed by atoms with E-state index in [-0.39, 0.29) is 33.8 Å². The monoisotopic (exact) mass is 462 g/mol. The number of benzene rings is 1. The summed E-state index contributed by atoms with van der Waals surface area (Å²) in [5.74, 6) is -0.748. The molecule has 4 rings (SSSR count). The van der Waals surface area contributed by atoms with Crippen LogP contribution < -0.4 is 0 Å². The summed E-state index contributed by atoms with van der Waals surface area (Å²) in [7, 11) is -1.91. The van der Waals surface area contributed by atoms with E-state index in [4.69, 9.17) is 0 Å². The lowest BCUT2D eigenvalue weighted by molar-refractivity contribution is -0.138. The van der Waals surface area contributed by atoms with Crippen LogP contribution in [0.25, 0.3) is 0 Å². The molecule has 2 fully saturated rings. The van der Waals surface area contributed by atoms with Gasteiger partial charge in [-0.1, -0.05) is 0 Å². The van der Waals surface area contributed by atoms with Crippen molar-refractivity contribution in [3.05, 3.63) is 29.3 Å². The fourth-order valence-electron chi connectivity index (χ4n) is 4.69. The lowest BCUT2D eigenvalue weighted by Gasteiger charge is -2.37. The Morgan fingerprint density at radius 2 is 1.59 bits per heavy atom. The van der Waals surface area contributed by atoms with Crippen LogP contribution in [0, 0.1) is 5.92 Å². The summed E-state index contributed by atoms with van der Waals surface area (Å²) >= 11 is 0. The van der Waals surface area contributed by atoms with E-state index in [1.165, 1.54) is 18.2 Å². The number of carbonyl (C=O) groups is 3. The second-order valence-electron chi connectivity index (χ2n) is 9.11. The van der Waals surface area contributed by atoms with E-state index in [0.717, 1.165) is 30.5 Å². The molecule has 9 nitrogen and oxygen atoms in total. The van der Waals surface area contributed by atoms with Gasteiger partial charge in [0.1, 0.15) is 4.90 Å². The molecule has 0 saturated carbocycles. The number of nitrogens with zero attached hydrogens (tertiary/aromatic N) is 4. The van der Waals surface area contributed by atoms with Gasteiger partial charge in [0.2, 0.25) is 5.91 Å². The van der Waals surface area contributed by atoms with E-state index in [2.05, 4.69) is 4.90 Å². The highest BCUT2D eigenvalue weighted by Crippen LogP contribution is 2.33. The average molecular weight is 463 g/mol. The smallest absolute Gasteiger partial charge is 0.269 e. The molecule has 10 heteroatoms. The lowest BCUT2D eigenvalue weighted by Crippen LogP contribution is -2.51. The minimum atomic E-state index is -3.96. The molecule has 0 atom stereocenters. The number of hydrogen-bond donors (Lipinski definition) is 0. The van der Waals surface area contributed by atoms with Gasteiger partial charge in [-0.05, 0) is 51.9 Å². The third-order valence-electron chi connectivity index (χ3n) is 6.61. The van der Waals surface area contributed by atoms with E-state index in [1.807, 2.05) is 11.9 Å². The molecule has 0 bridgehead atoms. The number of sulfonamides is 1. The zero-order valence-corrected chi connectivity index (χ0v) is 19.6. The molecule has 0 aromatic heterocycles. The first-order valence-corrected chi connectivity index (χ1v) is 12.5. The Morgan fingerprint density at radius 3 is 2.19 bits per heavy atom. The topological polar surface area (TPSA) is 98.3 Å². The normalized spacial score (nSPS) is 21.9. The van der Waals surface area contributed by atoms with Gasteiger partial charge in [0.05, 0.1) is 5.56 Å². The summed E-state index contributed by atoms with van der Waals surface area (Å²) in [6.07, 6.45) is 1.19. The van der Waals surface area contributed by atoms with Crippen molar-refractivity contribution >= 4 is 27.7 Å². The van der Waals surface area contributed by atoms with Crippen LogP contribution in [0.5, 0.6) is 0 Å². The van der Waals surface area contributed by atoms with Crippen LogP contribution in [0.1, 0.15) is 47.4 Å². The van der Waals surface area contributed by atoms with Crippen LogP contribution in [0.2, 0.25) is 0 Å². The molecule has 0 aliphatic carbocycles. The maximum Gasteiger partial charge on any atom is 0.269 e. The van der Waals surface area contributed by atoms with Gasteiger partial charge in [0.25, 0.3) is 21.8 Å². The lowest BCUT2D eigenvalue weighted by atomic mass is 9.94. The summed E-state index contributed by atoms with van der Waals surface area (Å²) in [6, 6.07) is 3.75. The Kier molecular flexibility index (Phi) is 6.02. The number of amides is 3. The van der Waals surface area contributed by atoms with Crippen molar-refractivity contribution < 1.29 is 22.8 Å². The van der Waals surface area contributed by atoms with Crippen molar-refractivity contribution in [2.24, 2.45) is 5.92 Å². The molecule has 174 valence electrons. The average Bonchev–Trinajstić information content (AvgIpc) is 2.98. The summed E-state index contributed by atoms with van der Waals surface area (Å²) in [5, 5.41) is 0. The van der Waals surface area contributed by atoms with Gasteiger partial charge in [0, 0.05) is 56.8 Å². The highest BCUT2D eigenvalue weighted by molar-refractivity contribution is 7.90. The van der Waals surface area contributed by atoms with E-state index in [0.29, 0.717) is 25.9 Å². The minimum Gasteiger partial charge on any atom is -0.340 e. The van der Waals surface area contributed by atoms with Crippen molar-refractivity contribution in [3.8, 4) is 0 Å². The van der Waals surface area contributed by atoms with Gasteiger partial charge >= 0.3 is 0 Å². The van der Waals surface area contributed by atoms with Gasteiger partial charge in [0.15, 0.2) is 0 Å². The number of hydrogen-bond acceptors (Lipinski definition) is 6. The van der Waals surface area contributed by atoms with E-state index >= 15 is 0 Å². The fourth-order valence-corrected chi connectivity index (χ4v) is 6.48. The molecular formula is C22H30N4O5S. The van der Waals surface area contributed by atoms with Crippen molar-refractivity contribution in [2.45, 2.75) is 37.6 Å². The van der Waals surface area contributed by atoms with Crippen LogP contribution in [-0.4, -0.2) is 97.5 Å². The molecule has 3 aliphatic heterocycles. The van der Waals surface area contributed by atoms with Crippen molar-refractivity contribution in [3.63, 3.8) is 0 Å². The van der Waals surface area contributed by atoms with Crippen molar-refractivity contribution in [2.75, 3.05) is 46.3 Å². The fraction of sp³-hybridized carbons (Fsp3) is 0.591. The maximum absolute atomic E-state index is 13.1. The molecule has 3 aliphatic rings. The third-order valence-corrected chi connectivity index (χ3v) is 8.61. The largest absolute Gasteiger partial charge is 0.340 e. The quantitative estimate of drug-likeness (QED) is 0.661. The summed E-state index contributed by atoms with van der Waals surface area (Å²) in [5.41, 5.74) is 0.348. The Bertz CT molecular complexity index is 1040. The predicted octanol–water partition coefficient (Wildman–Crippen LogP) is 0.866. The molecule has 1 aromatic rings. The Morgan fingerprint density at radius 1 is 0.969 bits per heavy atom. The molecule has 3 heterocycles. The van der Waals surface area contributed by atoms with E-state index < -0.39 is 22.0 Å². The first kappa shape index (κ1) is 22.7. The van der Waals surface area contributed by atoms with Gasteiger partial charge in [-0.25, -0.2) is 12.7 Å². The van der Waals surface area contributed by atoms with Crippen LogP contribution in [0.4, 0.5) is 0 Å². The number of piperidine rings is 1. The van der Waals surface area contributed by atoms with Gasteiger partial charge < -0.3 is 14.7 Å². The summed E-state index contributed by atoms with van der Waals surface area (Å²) in [6.45, 7) is 7.41. The zero-order valence-electron chi connectivity index (χ0n) is 18.8. The van der Waals surface area contributed by atoms with Crippen LogP contribution in [0.15, 0.2) is 23.1 Å². The van der Waals surface area contributed by atoms with Gasteiger partial charge in [-0.3, -0.25) is 14.4 Å². The molecule has 0 spiro atoms. The van der Waals surface area contributed by atoms with Crippen molar-refractivity contribution in [1.29, 1.82) is 0 Å². The van der Waals surface area contributed by atoms with E-state index in [9.17, 15) is 22.8 Å². The molecule has 2 saturated heterocycles. The standard InChI is InChI=1S/C22H30N4O5S/c1-15(2)26-22(29)18-5-4-17(14-19(18)32(26,30)31)21(28)24-8-6-16(7-9-24)20(27)25-12-10-23(3)11-13-25/h4-5,14-16H,6-13H2,1-3H3. The number of likely N-dealkylation sites (N-methyl/N-ethyl adjacent to an activating group) is 1. The first-order chi connectivity index (χ1) is 15.1. The van der Waals surface area contributed by atoms with Gasteiger partial charge in [-0.15, -0.1) is 0 Å². The SMILES string of the molecule is CC(C)N1C(=O)c2ccc(C(=O)N3CCC(C(=O)N4CCN(C)CC4)CC3)cc2S1(=O)=O.